The number of hydrogen-bond donors (Lipinski definition) is 3. The summed E-state index contributed by atoms with van der Waals surface area (Å²) in [6.07, 6.45) is 5.76. The standard InChI is InChI=1S/C14H27N3O3/c1-20-11(9-15)7-14(19)17-12(8-13(16)18)10-5-3-2-4-6-10/h10-12H,2-9,15H2,1H3,(H2,16,18)(H,17,19). The average Bonchev–Trinajstić information content (AvgIpc) is 2.44. The Morgan fingerprint density at radius 2 is 1.90 bits per heavy atom. The first-order valence-corrected chi connectivity index (χ1v) is 7.37. The quantitative estimate of drug-likeness (QED) is 0.595. The molecular weight excluding hydrogens is 258 g/mol. The molecule has 6 heteroatoms. The SMILES string of the molecule is COC(CN)CC(=O)NC(CC(N)=O)C1CCCCC1. The number of rotatable bonds is 8. The number of carbonyl (C=O) groups excluding carboxylic acids is 2. The number of methoxy groups -OCH3 is 1. The third kappa shape index (κ3) is 5.88. The molecule has 0 heterocycles. The van der Waals surface area contributed by atoms with Crippen molar-refractivity contribution in [2.24, 2.45) is 17.4 Å². The molecule has 0 bridgehead atoms. The zero-order chi connectivity index (χ0) is 15.0. The van der Waals surface area contributed by atoms with Crippen LogP contribution in [0.5, 0.6) is 0 Å². The lowest BCUT2D eigenvalue weighted by Crippen LogP contribution is -2.45. The molecule has 2 unspecified atom stereocenters. The van der Waals surface area contributed by atoms with Gasteiger partial charge >= 0.3 is 0 Å². The number of ether oxygens (including phenoxy) is 1. The Morgan fingerprint density at radius 1 is 1.25 bits per heavy atom. The van der Waals surface area contributed by atoms with E-state index >= 15 is 0 Å². The predicted molar refractivity (Wildman–Crippen MR) is 76.8 cm³/mol. The first-order chi connectivity index (χ1) is 9.56. The second-order valence-corrected chi connectivity index (χ2v) is 5.54. The van der Waals surface area contributed by atoms with Gasteiger partial charge in [0.05, 0.1) is 12.5 Å². The highest BCUT2D eigenvalue weighted by Gasteiger charge is 2.27. The van der Waals surface area contributed by atoms with E-state index in [0.717, 1.165) is 25.7 Å². The van der Waals surface area contributed by atoms with E-state index in [1.807, 2.05) is 0 Å². The molecule has 0 saturated heterocycles. The molecule has 2 amide bonds. The maximum atomic E-state index is 12.0. The fourth-order valence-corrected chi connectivity index (χ4v) is 2.82. The van der Waals surface area contributed by atoms with E-state index in [4.69, 9.17) is 16.2 Å². The second-order valence-electron chi connectivity index (χ2n) is 5.54. The largest absolute Gasteiger partial charge is 0.380 e. The van der Waals surface area contributed by atoms with Gasteiger partial charge in [0.25, 0.3) is 0 Å². The molecule has 0 aliphatic heterocycles. The molecule has 116 valence electrons. The van der Waals surface area contributed by atoms with Crippen LogP contribution in [0, 0.1) is 5.92 Å². The maximum Gasteiger partial charge on any atom is 0.222 e. The van der Waals surface area contributed by atoms with Crippen molar-refractivity contribution in [3.05, 3.63) is 0 Å². The zero-order valence-corrected chi connectivity index (χ0v) is 12.3. The Morgan fingerprint density at radius 3 is 2.40 bits per heavy atom. The van der Waals surface area contributed by atoms with Gasteiger partial charge in [-0.05, 0) is 18.8 Å². The normalized spacial score (nSPS) is 19.3. The molecule has 1 aliphatic carbocycles. The number of hydrogen-bond acceptors (Lipinski definition) is 4. The van der Waals surface area contributed by atoms with Gasteiger partial charge in [-0.25, -0.2) is 0 Å². The van der Waals surface area contributed by atoms with Gasteiger partial charge in [0.15, 0.2) is 0 Å². The molecule has 0 aromatic rings. The van der Waals surface area contributed by atoms with E-state index in [-0.39, 0.29) is 36.8 Å². The summed E-state index contributed by atoms with van der Waals surface area (Å²) >= 11 is 0. The van der Waals surface area contributed by atoms with Gasteiger partial charge in [0.1, 0.15) is 0 Å². The third-order valence-corrected chi connectivity index (χ3v) is 4.00. The molecule has 1 rings (SSSR count). The fraction of sp³-hybridized carbons (Fsp3) is 0.857. The summed E-state index contributed by atoms with van der Waals surface area (Å²) in [6, 6.07) is -0.157. The van der Waals surface area contributed by atoms with Gasteiger partial charge in [-0.15, -0.1) is 0 Å². The van der Waals surface area contributed by atoms with Crippen molar-refractivity contribution in [2.75, 3.05) is 13.7 Å². The van der Waals surface area contributed by atoms with Crippen LogP contribution in [0.3, 0.4) is 0 Å². The minimum absolute atomic E-state index is 0.126. The number of nitrogens with one attached hydrogen (secondary N) is 1. The zero-order valence-electron chi connectivity index (χ0n) is 12.3. The molecule has 6 nitrogen and oxygen atoms in total. The van der Waals surface area contributed by atoms with Crippen molar-refractivity contribution in [1.82, 2.24) is 5.32 Å². The maximum absolute atomic E-state index is 12.0. The summed E-state index contributed by atoms with van der Waals surface area (Å²) in [5, 5.41) is 2.94. The second kappa shape index (κ2) is 8.92. The Hall–Kier alpha value is -1.14. The minimum atomic E-state index is -0.372. The van der Waals surface area contributed by atoms with E-state index in [1.54, 1.807) is 0 Å². The van der Waals surface area contributed by atoms with Gasteiger partial charge in [-0.1, -0.05) is 19.3 Å². The highest BCUT2D eigenvalue weighted by atomic mass is 16.5. The summed E-state index contributed by atoms with van der Waals surface area (Å²) in [7, 11) is 1.53. The monoisotopic (exact) mass is 285 g/mol. The number of carbonyl (C=O) groups is 2. The molecule has 5 N–H and O–H groups in total. The Balaban J connectivity index is 2.54. The van der Waals surface area contributed by atoms with Crippen molar-refractivity contribution in [3.8, 4) is 0 Å². The van der Waals surface area contributed by atoms with Crippen molar-refractivity contribution >= 4 is 11.8 Å². The molecular formula is C14H27N3O3. The third-order valence-electron chi connectivity index (χ3n) is 4.00. The average molecular weight is 285 g/mol. The minimum Gasteiger partial charge on any atom is -0.380 e. The van der Waals surface area contributed by atoms with Crippen LogP contribution < -0.4 is 16.8 Å². The summed E-state index contributed by atoms with van der Waals surface area (Å²) in [5.74, 6) is -0.152. The molecule has 0 aromatic heterocycles. The summed E-state index contributed by atoms with van der Waals surface area (Å²) < 4.78 is 5.10. The van der Waals surface area contributed by atoms with Crippen molar-refractivity contribution in [1.29, 1.82) is 0 Å². The lowest BCUT2D eigenvalue weighted by molar-refractivity contribution is -0.125. The predicted octanol–water partition coefficient (Wildman–Crippen LogP) is 0.291. The van der Waals surface area contributed by atoms with E-state index in [9.17, 15) is 9.59 Å². The van der Waals surface area contributed by atoms with Crippen molar-refractivity contribution in [2.45, 2.75) is 57.1 Å². The molecule has 20 heavy (non-hydrogen) atoms. The lowest BCUT2D eigenvalue weighted by Gasteiger charge is -2.30. The summed E-state index contributed by atoms with van der Waals surface area (Å²) in [5.41, 5.74) is 10.8. The highest BCUT2D eigenvalue weighted by Crippen LogP contribution is 2.27. The lowest BCUT2D eigenvalue weighted by atomic mass is 9.82. The van der Waals surface area contributed by atoms with Crippen LogP contribution >= 0.6 is 0 Å². The molecule has 2 atom stereocenters. The number of primary amides is 1. The Bertz CT molecular complexity index is 313. The number of nitrogens with two attached hydrogens (primary N) is 2. The Labute approximate surface area is 120 Å². The van der Waals surface area contributed by atoms with E-state index in [2.05, 4.69) is 5.32 Å². The summed E-state index contributed by atoms with van der Waals surface area (Å²) in [4.78, 5) is 23.2. The van der Waals surface area contributed by atoms with Gasteiger partial charge in [0.2, 0.25) is 11.8 Å². The van der Waals surface area contributed by atoms with Crippen LogP contribution in [0.25, 0.3) is 0 Å². The van der Waals surface area contributed by atoms with E-state index in [1.165, 1.54) is 13.5 Å². The molecule has 1 aliphatic rings. The van der Waals surface area contributed by atoms with Gasteiger partial charge in [-0.3, -0.25) is 9.59 Å². The Kier molecular flexibility index (Phi) is 7.54. The number of amides is 2. The topological polar surface area (TPSA) is 107 Å². The van der Waals surface area contributed by atoms with Crippen LogP contribution in [0.15, 0.2) is 0 Å². The van der Waals surface area contributed by atoms with Crippen LogP contribution in [-0.4, -0.2) is 37.6 Å². The van der Waals surface area contributed by atoms with Crippen LogP contribution in [-0.2, 0) is 14.3 Å². The highest BCUT2D eigenvalue weighted by molar-refractivity contribution is 5.79. The summed E-state index contributed by atoms with van der Waals surface area (Å²) in [6.45, 7) is 0.299. The van der Waals surface area contributed by atoms with Gasteiger partial charge in [0, 0.05) is 26.1 Å². The molecule has 1 saturated carbocycles. The van der Waals surface area contributed by atoms with E-state index < -0.39 is 0 Å². The first kappa shape index (κ1) is 16.9. The van der Waals surface area contributed by atoms with Crippen LogP contribution in [0.4, 0.5) is 0 Å². The molecule has 1 fully saturated rings. The van der Waals surface area contributed by atoms with Gasteiger partial charge < -0.3 is 21.5 Å². The molecule has 0 aromatic carbocycles. The molecule has 0 spiro atoms. The van der Waals surface area contributed by atoms with Crippen LogP contribution in [0.1, 0.15) is 44.9 Å². The smallest absolute Gasteiger partial charge is 0.222 e. The fourth-order valence-electron chi connectivity index (χ4n) is 2.82. The van der Waals surface area contributed by atoms with Crippen LogP contribution in [0.2, 0.25) is 0 Å². The van der Waals surface area contributed by atoms with Crippen molar-refractivity contribution in [3.63, 3.8) is 0 Å². The van der Waals surface area contributed by atoms with Crippen molar-refractivity contribution < 1.29 is 14.3 Å². The van der Waals surface area contributed by atoms with Gasteiger partial charge in [-0.2, -0.15) is 0 Å². The van der Waals surface area contributed by atoms with E-state index in [0.29, 0.717) is 12.5 Å². The molecule has 0 radical (unpaired) electrons. The first-order valence-electron chi connectivity index (χ1n) is 7.37.